The Labute approximate surface area is 200 Å². The zero-order valence-electron chi connectivity index (χ0n) is 17.3. The number of nitrogens with zero attached hydrogens (tertiary/aromatic N) is 3. The van der Waals surface area contributed by atoms with E-state index in [2.05, 4.69) is 15.2 Å². The van der Waals surface area contributed by atoms with Crippen molar-refractivity contribution in [2.24, 2.45) is 0 Å². The summed E-state index contributed by atoms with van der Waals surface area (Å²) in [5.41, 5.74) is 2.49. The van der Waals surface area contributed by atoms with Crippen LogP contribution in [0.3, 0.4) is 0 Å². The Bertz CT molecular complexity index is 1100. The summed E-state index contributed by atoms with van der Waals surface area (Å²) in [7, 11) is 0. The second-order valence-corrected chi connectivity index (χ2v) is 9.12. The number of halogens is 2. The number of nitrogens with one attached hydrogen (secondary N) is 1. The molecule has 0 atom stereocenters. The number of rotatable bonds is 6. The van der Waals surface area contributed by atoms with Gasteiger partial charge in [-0.25, -0.2) is 4.98 Å². The normalized spacial score (nSPS) is 13.8. The predicted molar refractivity (Wildman–Crippen MR) is 130 cm³/mol. The number of benzene rings is 2. The van der Waals surface area contributed by atoms with Crippen LogP contribution in [0.15, 0.2) is 53.9 Å². The third kappa shape index (κ3) is 5.59. The van der Waals surface area contributed by atoms with Crippen LogP contribution in [0.4, 0.5) is 10.8 Å². The number of amides is 2. The fourth-order valence-corrected chi connectivity index (χ4v) is 4.73. The average molecular weight is 489 g/mol. The number of piperazine rings is 1. The monoisotopic (exact) mass is 488 g/mol. The lowest BCUT2D eigenvalue weighted by atomic mass is 10.1. The summed E-state index contributed by atoms with van der Waals surface area (Å²) in [6.07, 6.45) is 0.499. The van der Waals surface area contributed by atoms with Crippen molar-refractivity contribution in [3.63, 3.8) is 0 Å². The summed E-state index contributed by atoms with van der Waals surface area (Å²) < 4.78 is 0. The minimum absolute atomic E-state index is 0.0225. The van der Waals surface area contributed by atoms with E-state index in [-0.39, 0.29) is 24.7 Å². The van der Waals surface area contributed by atoms with E-state index in [1.54, 1.807) is 6.07 Å². The summed E-state index contributed by atoms with van der Waals surface area (Å²) in [5.74, 6) is -0.103. The molecule has 1 aliphatic rings. The zero-order valence-corrected chi connectivity index (χ0v) is 19.6. The highest BCUT2D eigenvalue weighted by molar-refractivity contribution is 7.13. The number of carbonyl (C=O) groups is 2. The lowest BCUT2D eigenvalue weighted by Gasteiger charge is -2.36. The molecular weight excluding hydrogens is 467 g/mol. The summed E-state index contributed by atoms with van der Waals surface area (Å²) in [5, 5.41) is 6.20. The van der Waals surface area contributed by atoms with Gasteiger partial charge >= 0.3 is 0 Å². The first kappa shape index (κ1) is 22.6. The molecule has 0 aliphatic carbocycles. The predicted octanol–water partition coefficient (Wildman–Crippen LogP) is 4.52. The minimum Gasteiger partial charge on any atom is -0.367 e. The Hall–Kier alpha value is -2.61. The topological polar surface area (TPSA) is 65.5 Å². The van der Waals surface area contributed by atoms with Crippen LogP contribution in [0, 0.1) is 0 Å². The molecular formula is C23H22Cl2N4O2S. The van der Waals surface area contributed by atoms with Crippen molar-refractivity contribution < 1.29 is 9.59 Å². The second-order valence-electron chi connectivity index (χ2n) is 7.47. The molecule has 4 rings (SSSR count). The molecule has 2 amide bonds. The Morgan fingerprint density at radius 1 is 0.969 bits per heavy atom. The van der Waals surface area contributed by atoms with E-state index in [4.69, 9.17) is 23.2 Å². The Balaban J connectivity index is 1.27. The molecule has 9 heteroatoms. The fourth-order valence-electron chi connectivity index (χ4n) is 3.59. The van der Waals surface area contributed by atoms with Gasteiger partial charge in [-0.15, -0.1) is 11.3 Å². The molecule has 1 fully saturated rings. The maximum atomic E-state index is 12.7. The number of carbonyl (C=O) groups excluding carboxylic acids is 2. The van der Waals surface area contributed by atoms with E-state index in [1.807, 2.05) is 52.7 Å². The van der Waals surface area contributed by atoms with E-state index >= 15 is 0 Å². The molecule has 0 radical (unpaired) electrons. The van der Waals surface area contributed by atoms with Gasteiger partial charge in [-0.1, -0.05) is 59.6 Å². The molecule has 1 N–H and O–H groups in total. The molecule has 3 aromatic rings. The maximum absolute atomic E-state index is 12.7. The smallest absolute Gasteiger partial charge is 0.230 e. The fraction of sp³-hybridized carbons (Fsp3) is 0.261. The van der Waals surface area contributed by atoms with Gasteiger partial charge in [0.2, 0.25) is 11.8 Å². The number of hydrogen-bond donors (Lipinski definition) is 1. The molecule has 6 nitrogen and oxygen atoms in total. The first-order chi connectivity index (χ1) is 15.5. The van der Waals surface area contributed by atoms with Crippen LogP contribution in [-0.2, 0) is 22.4 Å². The molecule has 0 unspecified atom stereocenters. The van der Waals surface area contributed by atoms with Crippen molar-refractivity contribution in [3.05, 3.63) is 75.2 Å². The molecule has 1 aliphatic heterocycles. The molecule has 2 heterocycles. The summed E-state index contributed by atoms with van der Waals surface area (Å²) in [6.45, 7) is 2.58. The van der Waals surface area contributed by atoms with Crippen LogP contribution in [0.25, 0.3) is 0 Å². The van der Waals surface area contributed by atoms with E-state index in [1.165, 1.54) is 11.3 Å². The number of hydrogen-bond acceptors (Lipinski definition) is 5. The molecule has 1 aromatic heterocycles. The van der Waals surface area contributed by atoms with Crippen molar-refractivity contribution in [1.29, 1.82) is 0 Å². The molecule has 166 valence electrons. The number of thiazole rings is 1. The molecule has 32 heavy (non-hydrogen) atoms. The van der Waals surface area contributed by atoms with Crippen LogP contribution in [-0.4, -0.2) is 47.9 Å². The first-order valence-corrected chi connectivity index (χ1v) is 11.9. The van der Waals surface area contributed by atoms with Crippen LogP contribution in [0.2, 0.25) is 10.0 Å². The lowest BCUT2D eigenvalue weighted by Crippen LogP contribution is -2.49. The van der Waals surface area contributed by atoms with Crippen LogP contribution in [0.5, 0.6) is 0 Å². The van der Waals surface area contributed by atoms with E-state index in [0.717, 1.165) is 11.3 Å². The molecule has 0 saturated carbocycles. The Morgan fingerprint density at radius 3 is 2.47 bits per heavy atom. The maximum Gasteiger partial charge on any atom is 0.230 e. The Morgan fingerprint density at radius 2 is 1.72 bits per heavy atom. The molecule has 0 bridgehead atoms. The van der Waals surface area contributed by atoms with Gasteiger partial charge in [0.1, 0.15) is 0 Å². The lowest BCUT2D eigenvalue weighted by molar-refractivity contribution is -0.130. The molecule has 0 spiro atoms. The van der Waals surface area contributed by atoms with E-state index in [9.17, 15) is 9.59 Å². The summed E-state index contributed by atoms with van der Waals surface area (Å²) in [4.78, 5) is 33.3. The highest BCUT2D eigenvalue weighted by atomic mass is 35.5. The third-order valence-corrected chi connectivity index (χ3v) is 6.86. The van der Waals surface area contributed by atoms with Crippen molar-refractivity contribution >= 4 is 57.2 Å². The quantitative estimate of drug-likeness (QED) is 0.553. The molecule has 1 saturated heterocycles. The van der Waals surface area contributed by atoms with Crippen molar-refractivity contribution in [3.8, 4) is 0 Å². The third-order valence-electron chi connectivity index (χ3n) is 5.24. The Kier molecular flexibility index (Phi) is 7.29. The first-order valence-electron chi connectivity index (χ1n) is 10.2. The van der Waals surface area contributed by atoms with Gasteiger partial charge in [0.25, 0.3) is 0 Å². The van der Waals surface area contributed by atoms with Gasteiger partial charge in [0.05, 0.1) is 34.3 Å². The largest absolute Gasteiger partial charge is 0.367 e. The second kappa shape index (κ2) is 10.3. The van der Waals surface area contributed by atoms with Gasteiger partial charge in [-0.2, -0.15) is 0 Å². The van der Waals surface area contributed by atoms with Crippen LogP contribution in [0.1, 0.15) is 11.3 Å². The zero-order chi connectivity index (χ0) is 22.5. The van der Waals surface area contributed by atoms with Gasteiger partial charge in [0.15, 0.2) is 5.13 Å². The van der Waals surface area contributed by atoms with Crippen molar-refractivity contribution in [2.75, 3.05) is 36.4 Å². The average Bonchev–Trinajstić information content (AvgIpc) is 3.23. The van der Waals surface area contributed by atoms with Gasteiger partial charge in [0, 0.05) is 31.6 Å². The number of anilines is 2. The molecule has 2 aromatic carbocycles. The highest BCUT2D eigenvalue weighted by Crippen LogP contribution is 2.33. The summed E-state index contributed by atoms with van der Waals surface area (Å²) >= 11 is 13.8. The van der Waals surface area contributed by atoms with Crippen LogP contribution >= 0.6 is 34.5 Å². The highest BCUT2D eigenvalue weighted by Gasteiger charge is 2.23. The van der Waals surface area contributed by atoms with E-state index in [0.29, 0.717) is 47.0 Å². The van der Waals surface area contributed by atoms with Crippen LogP contribution < -0.4 is 10.2 Å². The van der Waals surface area contributed by atoms with Crippen molar-refractivity contribution in [1.82, 2.24) is 9.88 Å². The summed E-state index contributed by atoms with van der Waals surface area (Å²) in [6, 6.07) is 15.1. The standard InChI is InChI=1S/C23H22Cl2N4O2S/c24-18-7-4-8-19(22(18)25)28-9-11-29(12-10-28)21(31)14-17-15-32-23(26-17)27-20(30)13-16-5-2-1-3-6-16/h1-8,15H,9-14H2,(H,26,27,30). The van der Waals surface area contributed by atoms with Gasteiger partial charge < -0.3 is 15.1 Å². The minimum atomic E-state index is -0.126. The SMILES string of the molecule is O=C(Cc1ccccc1)Nc1nc(CC(=O)N2CCN(c3cccc(Cl)c3Cl)CC2)cs1. The van der Waals surface area contributed by atoms with E-state index < -0.39 is 0 Å². The number of aromatic nitrogens is 1. The van der Waals surface area contributed by atoms with Gasteiger partial charge in [-0.05, 0) is 17.7 Å². The van der Waals surface area contributed by atoms with Crippen molar-refractivity contribution in [2.45, 2.75) is 12.8 Å². The van der Waals surface area contributed by atoms with Gasteiger partial charge in [-0.3, -0.25) is 9.59 Å².